The lowest BCUT2D eigenvalue weighted by Gasteiger charge is -2.18. The largest absolute Gasteiger partial charge is 0.331 e. The average molecular weight is 416 g/mol. The standard InChI is InChI=1S/C23H24N6O2/c1-3-4-11-17-14-21(30)28(2)23(31)29(17)15-20-18(16-9-6-5-7-10-16)12-8-13-19(20)22-24-26-27-25-22/h5-10,12-14H,3-4,11,15H2,1-2H3,(H,24,25,26,27). The Kier molecular flexibility index (Phi) is 5.88. The first-order chi connectivity index (χ1) is 15.1. The van der Waals surface area contributed by atoms with Crippen LogP contribution in [0.4, 0.5) is 0 Å². The smallest absolute Gasteiger partial charge is 0.293 e. The molecule has 0 bridgehead atoms. The number of rotatable bonds is 7. The zero-order chi connectivity index (χ0) is 21.8. The highest BCUT2D eigenvalue weighted by molar-refractivity contribution is 5.76. The minimum Gasteiger partial charge on any atom is -0.293 e. The maximum Gasteiger partial charge on any atom is 0.331 e. The molecule has 2 aromatic heterocycles. The Morgan fingerprint density at radius 3 is 2.48 bits per heavy atom. The number of nitrogens with zero attached hydrogens (tertiary/aromatic N) is 5. The highest BCUT2D eigenvalue weighted by atomic mass is 16.2. The van der Waals surface area contributed by atoms with Gasteiger partial charge in [0.15, 0.2) is 0 Å². The molecule has 0 saturated carbocycles. The van der Waals surface area contributed by atoms with Gasteiger partial charge in [0.1, 0.15) is 0 Å². The van der Waals surface area contributed by atoms with Crippen molar-refractivity contribution in [1.29, 1.82) is 0 Å². The number of H-pyrrole nitrogens is 1. The van der Waals surface area contributed by atoms with Gasteiger partial charge in [-0.3, -0.25) is 13.9 Å². The fraction of sp³-hybridized carbons (Fsp3) is 0.261. The Morgan fingerprint density at radius 2 is 1.77 bits per heavy atom. The number of hydrogen-bond donors (Lipinski definition) is 1. The summed E-state index contributed by atoms with van der Waals surface area (Å²) in [5.41, 5.74) is 3.80. The third-order valence-electron chi connectivity index (χ3n) is 5.43. The normalized spacial score (nSPS) is 11.0. The fourth-order valence-electron chi connectivity index (χ4n) is 3.74. The van der Waals surface area contributed by atoms with Crippen LogP contribution in [0.3, 0.4) is 0 Å². The number of hydrogen-bond acceptors (Lipinski definition) is 5. The van der Waals surface area contributed by atoms with Crippen LogP contribution in [0.1, 0.15) is 31.0 Å². The van der Waals surface area contributed by atoms with E-state index >= 15 is 0 Å². The van der Waals surface area contributed by atoms with Gasteiger partial charge in [0, 0.05) is 24.4 Å². The highest BCUT2D eigenvalue weighted by Gasteiger charge is 2.18. The number of aromatic amines is 1. The van der Waals surface area contributed by atoms with Gasteiger partial charge in [0.2, 0.25) is 5.82 Å². The zero-order valence-electron chi connectivity index (χ0n) is 17.6. The van der Waals surface area contributed by atoms with E-state index in [9.17, 15) is 9.59 Å². The van der Waals surface area contributed by atoms with E-state index in [4.69, 9.17) is 0 Å². The van der Waals surface area contributed by atoms with Gasteiger partial charge in [-0.2, -0.15) is 5.21 Å². The van der Waals surface area contributed by atoms with E-state index < -0.39 is 0 Å². The van der Waals surface area contributed by atoms with Gasteiger partial charge in [0.25, 0.3) is 5.56 Å². The van der Waals surface area contributed by atoms with Gasteiger partial charge in [-0.15, -0.1) is 10.2 Å². The number of benzene rings is 2. The first kappa shape index (κ1) is 20.5. The van der Waals surface area contributed by atoms with Crippen molar-refractivity contribution in [1.82, 2.24) is 29.8 Å². The summed E-state index contributed by atoms with van der Waals surface area (Å²) < 4.78 is 2.83. The molecule has 0 aliphatic heterocycles. The zero-order valence-corrected chi connectivity index (χ0v) is 17.6. The molecule has 0 saturated heterocycles. The molecule has 0 aliphatic rings. The maximum atomic E-state index is 13.1. The summed E-state index contributed by atoms with van der Waals surface area (Å²) in [6.07, 6.45) is 2.52. The van der Waals surface area contributed by atoms with Crippen LogP contribution in [0.2, 0.25) is 0 Å². The van der Waals surface area contributed by atoms with Gasteiger partial charge < -0.3 is 0 Å². The molecule has 158 valence electrons. The summed E-state index contributed by atoms with van der Waals surface area (Å²) in [4.78, 5) is 25.4. The van der Waals surface area contributed by atoms with Crippen LogP contribution in [-0.2, 0) is 20.0 Å². The quantitative estimate of drug-likeness (QED) is 0.499. The monoisotopic (exact) mass is 416 g/mol. The first-order valence-electron chi connectivity index (χ1n) is 10.3. The molecular formula is C23H24N6O2. The van der Waals surface area contributed by atoms with E-state index in [-0.39, 0.29) is 11.2 Å². The molecule has 2 aromatic carbocycles. The van der Waals surface area contributed by atoms with Crippen molar-refractivity contribution in [2.45, 2.75) is 32.7 Å². The average Bonchev–Trinajstić information content (AvgIpc) is 3.33. The Hall–Kier alpha value is -3.81. The molecular weight excluding hydrogens is 392 g/mol. The van der Waals surface area contributed by atoms with Crippen molar-refractivity contribution < 1.29 is 0 Å². The Labute approximate surface area is 179 Å². The lowest BCUT2D eigenvalue weighted by Crippen LogP contribution is -2.39. The van der Waals surface area contributed by atoms with Crippen molar-refractivity contribution in [3.05, 3.63) is 86.7 Å². The summed E-state index contributed by atoms with van der Waals surface area (Å²) in [7, 11) is 1.51. The summed E-state index contributed by atoms with van der Waals surface area (Å²) in [5.74, 6) is 0.459. The van der Waals surface area contributed by atoms with Crippen LogP contribution in [0.15, 0.2) is 64.2 Å². The molecule has 8 heteroatoms. The summed E-state index contributed by atoms with van der Waals surface area (Å²) >= 11 is 0. The van der Waals surface area contributed by atoms with Gasteiger partial charge in [-0.1, -0.05) is 61.9 Å². The molecule has 1 N–H and O–H groups in total. The molecule has 4 aromatic rings. The topological polar surface area (TPSA) is 98.5 Å². The van der Waals surface area contributed by atoms with Crippen molar-refractivity contribution in [3.8, 4) is 22.5 Å². The van der Waals surface area contributed by atoms with Gasteiger partial charge in [-0.25, -0.2) is 4.79 Å². The van der Waals surface area contributed by atoms with Crippen molar-refractivity contribution in [2.24, 2.45) is 7.05 Å². The van der Waals surface area contributed by atoms with Crippen LogP contribution in [0.5, 0.6) is 0 Å². The summed E-state index contributed by atoms with van der Waals surface area (Å²) in [6, 6.07) is 17.4. The van der Waals surface area contributed by atoms with Gasteiger partial charge >= 0.3 is 5.69 Å². The van der Waals surface area contributed by atoms with Crippen molar-refractivity contribution in [3.63, 3.8) is 0 Å². The molecule has 4 rings (SSSR count). The Balaban J connectivity index is 1.94. The number of aromatic nitrogens is 6. The van der Waals surface area contributed by atoms with Gasteiger partial charge in [-0.05, 0) is 34.7 Å². The highest BCUT2D eigenvalue weighted by Crippen LogP contribution is 2.31. The maximum absolute atomic E-state index is 13.1. The number of unbranched alkanes of at least 4 members (excludes halogenated alkanes) is 1. The second-order valence-electron chi connectivity index (χ2n) is 7.44. The minimum absolute atomic E-state index is 0.290. The molecule has 0 aliphatic carbocycles. The van der Waals surface area contributed by atoms with Crippen LogP contribution >= 0.6 is 0 Å². The number of nitrogens with one attached hydrogen (secondary N) is 1. The summed E-state index contributed by atoms with van der Waals surface area (Å²) in [6.45, 7) is 2.38. The number of aryl methyl sites for hydroxylation is 1. The van der Waals surface area contributed by atoms with E-state index in [0.29, 0.717) is 18.8 Å². The molecule has 0 atom stereocenters. The fourth-order valence-corrected chi connectivity index (χ4v) is 3.74. The van der Waals surface area contributed by atoms with E-state index in [0.717, 1.165) is 45.4 Å². The Bertz CT molecular complexity index is 1290. The van der Waals surface area contributed by atoms with Gasteiger partial charge in [0.05, 0.1) is 6.54 Å². The molecule has 8 nitrogen and oxygen atoms in total. The third kappa shape index (κ3) is 4.09. The molecule has 0 unspecified atom stereocenters. The lowest BCUT2D eigenvalue weighted by atomic mass is 9.94. The SMILES string of the molecule is CCCCc1cc(=O)n(C)c(=O)n1Cc1c(-c2ccccc2)cccc1-c1nn[nH]n1. The first-order valence-corrected chi connectivity index (χ1v) is 10.3. The molecule has 2 heterocycles. The second-order valence-corrected chi connectivity index (χ2v) is 7.44. The molecule has 0 radical (unpaired) electrons. The van der Waals surface area contributed by atoms with Crippen molar-refractivity contribution >= 4 is 0 Å². The van der Waals surface area contributed by atoms with Crippen LogP contribution in [0.25, 0.3) is 22.5 Å². The third-order valence-corrected chi connectivity index (χ3v) is 5.43. The molecule has 31 heavy (non-hydrogen) atoms. The van der Waals surface area contributed by atoms with Crippen LogP contribution in [-0.4, -0.2) is 29.8 Å². The van der Waals surface area contributed by atoms with E-state index in [1.165, 1.54) is 7.05 Å². The minimum atomic E-state index is -0.333. The second kappa shape index (κ2) is 8.91. The molecule has 0 amide bonds. The predicted molar refractivity (Wildman–Crippen MR) is 119 cm³/mol. The summed E-state index contributed by atoms with van der Waals surface area (Å²) in [5, 5.41) is 14.5. The lowest BCUT2D eigenvalue weighted by molar-refractivity contribution is 0.599. The Morgan fingerprint density at radius 1 is 1.00 bits per heavy atom. The van der Waals surface area contributed by atoms with Crippen molar-refractivity contribution in [2.75, 3.05) is 0 Å². The molecule has 0 spiro atoms. The van der Waals surface area contributed by atoms with Crippen LogP contribution < -0.4 is 11.2 Å². The van der Waals surface area contributed by atoms with Crippen LogP contribution in [0, 0.1) is 0 Å². The van der Waals surface area contributed by atoms with E-state index in [1.54, 1.807) is 10.6 Å². The number of tetrazole rings is 1. The molecule has 0 fully saturated rings. The van der Waals surface area contributed by atoms with E-state index in [1.807, 2.05) is 48.5 Å². The predicted octanol–water partition coefficient (Wildman–Crippen LogP) is 2.79. The van der Waals surface area contributed by atoms with E-state index in [2.05, 4.69) is 27.5 Å².